The number of carbonyl (C=O) groups excluding carboxylic acids is 1. The van der Waals surface area contributed by atoms with Gasteiger partial charge in [-0.05, 0) is 31.0 Å². The van der Waals surface area contributed by atoms with E-state index in [4.69, 9.17) is 11.6 Å². The molecule has 1 aromatic heterocycles. The van der Waals surface area contributed by atoms with Crippen LogP contribution in [0.15, 0.2) is 23.4 Å². The molecule has 2 rings (SSSR count). The first kappa shape index (κ1) is 15.2. The predicted molar refractivity (Wildman–Crippen MR) is 84.3 cm³/mol. The summed E-state index contributed by atoms with van der Waals surface area (Å²) in [5.41, 5.74) is 1.74. The van der Waals surface area contributed by atoms with Crippen LogP contribution >= 0.6 is 23.4 Å². The molecule has 0 aliphatic rings. The van der Waals surface area contributed by atoms with Crippen LogP contribution in [0.2, 0.25) is 5.02 Å². The fourth-order valence-electron chi connectivity index (χ4n) is 1.62. The van der Waals surface area contributed by atoms with Gasteiger partial charge in [-0.25, -0.2) is 4.98 Å². The topological polar surface area (TPSA) is 57.8 Å². The third-order valence-electron chi connectivity index (χ3n) is 3.15. The third-order valence-corrected chi connectivity index (χ3v) is 4.26. The summed E-state index contributed by atoms with van der Waals surface area (Å²) >= 11 is 7.32. The number of thioether (sulfide) groups is 1. The second-order valence-electron chi connectivity index (χ2n) is 5.09. The lowest BCUT2D eigenvalue weighted by atomic mass is 10.1. The number of halogens is 1. The molecule has 0 radical (unpaired) electrons. The number of hydrogen-bond donors (Lipinski definition) is 2. The Morgan fingerprint density at radius 2 is 2.20 bits per heavy atom. The average molecular weight is 312 g/mol. The zero-order valence-corrected chi connectivity index (χ0v) is 13.3. The van der Waals surface area contributed by atoms with Crippen LogP contribution in [0.1, 0.15) is 20.8 Å². The molecule has 108 valence electrons. The van der Waals surface area contributed by atoms with E-state index in [-0.39, 0.29) is 11.9 Å². The third kappa shape index (κ3) is 3.90. The van der Waals surface area contributed by atoms with Crippen molar-refractivity contribution in [3.63, 3.8) is 0 Å². The Labute approximate surface area is 127 Å². The predicted octanol–water partition coefficient (Wildman–Crippen LogP) is 3.47. The summed E-state index contributed by atoms with van der Waals surface area (Å²) in [6, 6.07) is 5.67. The number of rotatable bonds is 5. The minimum Gasteiger partial charge on any atom is -0.353 e. The molecule has 2 N–H and O–H groups in total. The summed E-state index contributed by atoms with van der Waals surface area (Å²) in [6.07, 6.45) is 0. The summed E-state index contributed by atoms with van der Waals surface area (Å²) in [5.74, 6) is 0.803. The molecule has 1 aromatic carbocycles. The molecule has 4 nitrogen and oxygen atoms in total. The molecule has 20 heavy (non-hydrogen) atoms. The fraction of sp³-hybridized carbons (Fsp3) is 0.429. The van der Waals surface area contributed by atoms with E-state index in [0.29, 0.717) is 16.7 Å². The van der Waals surface area contributed by atoms with Gasteiger partial charge in [-0.3, -0.25) is 4.79 Å². The minimum absolute atomic E-state index is 0.0229. The zero-order valence-electron chi connectivity index (χ0n) is 11.7. The second-order valence-corrected chi connectivity index (χ2v) is 6.49. The van der Waals surface area contributed by atoms with Crippen LogP contribution in [0.3, 0.4) is 0 Å². The van der Waals surface area contributed by atoms with E-state index >= 15 is 0 Å². The van der Waals surface area contributed by atoms with E-state index in [0.717, 1.165) is 16.2 Å². The molecule has 6 heteroatoms. The fourth-order valence-corrected chi connectivity index (χ4v) is 2.49. The highest BCUT2D eigenvalue weighted by molar-refractivity contribution is 7.99. The van der Waals surface area contributed by atoms with Crippen molar-refractivity contribution < 1.29 is 4.79 Å². The van der Waals surface area contributed by atoms with Crippen LogP contribution in [0.5, 0.6) is 0 Å². The number of fused-ring (bicyclic) bond motifs is 1. The Balaban J connectivity index is 1.94. The number of H-pyrrole nitrogens is 1. The van der Waals surface area contributed by atoms with Crippen molar-refractivity contribution in [1.82, 2.24) is 15.3 Å². The first-order valence-corrected chi connectivity index (χ1v) is 7.89. The van der Waals surface area contributed by atoms with Crippen molar-refractivity contribution in [3.05, 3.63) is 23.2 Å². The lowest BCUT2D eigenvalue weighted by Gasteiger charge is -2.16. The van der Waals surface area contributed by atoms with Gasteiger partial charge >= 0.3 is 0 Å². The Hall–Kier alpha value is -1.20. The van der Waals surface area contributed by atoms with Crippen molar-refractivity contribution in [1.29, 1.82) is 0 Å². The van der Waals surface area contributed by atoms with E-state index in [1.165, 1.54) is 11.8 Å². The summed E-state index contributed by atoms with van der Waals surface area (Å²) in [4.78, 5) is 19.4. The lowest BCUT2D eigenvalue weighted by Crippen LogP contribution is -2.37. The van der Waals surface area contributed by atoms with Crippen LogP contribution in [0.4, 0.5) is 0 Å². The van der Waals surface area contributed by atoms with Gasteiger partial charge in [0.1, 0.15) is 0 Å². The van der Waals surface area contributed by atoms with E-state index in [1.807, 2.05) is 19.1 Å². The van der Waals surface area contributed by atoms with Crippen molar-refractivity contribution in [2.75, 3.05) is 5.75 Å². The van der Waals surface area contributed by atoms with Crippen molar-refractivity contribution >= 4 is 40.3 Å². The Bertz CT molecular complexity index is 611. The first-order valence-electron chi connectivity index (χ1n) is 6.53. The number of imidazole rings is 1. The molecule has 0 saturated carbocycles. The van der Waals surface area contributed by atoms with E-state index < -0.39 is 0 Å². The van der Waals surface area contributed by atoms with Crippen LogP contribution in [-0.2, 0) is 4.79 Å². The van der Waals surface area contributed by atoms with Gasteiger partial charge in [0.25, 0.3) is 0 Å². The normalized spacial score (nSPS) is 12.8. The van der Waals surface area contributed by atoms with Gasteiger partial charge in [0, 0.05) is 11.1 Å². The number of amides is 1. The van der Waals surface area contributed by atoms with Crippen LogP contribution in [0, 0.1) is 5.92 Å². The number of aromatic amines is 1. The highest BCUT2D eigenvalue weighted by Gasteiger charge is 2.12. The van der Waals surface area contributed by atoms with Gasteiger partial charge in [-0.2, -0.15) is 0 Å². The van der Waals surface area contributed by atoms with Crippen molar-refractivity contribution in [2.45, 2.75) is 32.0 Å². The molecule has 0 saturated heterocycles. The van der Waals surface area contributed by atoms with E-state index in [1.54, 1.807) is 6.07 Å². The van der Waals surface area contributed by atoms with Gasteiger partial charge in [-0.1, -0.05) is 37.2 Å². The smallest absolute Gasteiger partial charge is 0.230 e. The van der Waals surface area contributed by atoms with E-state index in [2.05, 4.69) is 29.1 Å². The summed E-state index contributed by atoms with van der Waals surface area (Å²) in [6.45, 7) is 6.18. The largest absolute Gasteiger partial charge is 0.353 e. The quantitative estimate of drug-likeness (QED) is 0.831. The van der Waals surface area contributed by atoms with Gasteiger partial charge < -0.3 is 10.3 Å². The standard InChI is InChI=1S/C14H18ClN3OS/c1-8(2)9(3)16-13(19)7-20-14-17-11-5-4-10(15)6-12(11)18-14/h4-6,8-9H,7H2,1-3H3,(H,16,19)(H,17,18)/t9-/m0/s1. The molecule has 0 aliphatic heterocycles. The second kappa shape index (κ2) is 6.50. The summed E-state index contributed by atoms with van der Waals surface area (Å²) in [7, 11) is 0. The minimum atomic E-state index is 0.0229. The van der Waals surface area contributed by atoms with Gasteiger partial charge in [-0.15, -0.1) is 0 Å². The molecule has 0 spiro atoms. The van der Waals surface area contributed by atoms with Gasteiger partial charge in [0.2, 0.25) is 5.91 Å². The highest BCUT2D eigenvalue weighted by atomic mass is 35.5. The number of carbonyl (C=O) groups is 1. The van der Waals surface area contributed by atoms with Crippen molar-refractivity contribution in [3.8, 4) is 0 Å². The lowest BCUT2D eigenvalue weighted by molar-refractivity contribution is -0.119. The Morgan fingerprint density at radius 3 is 2.90 bits per heavy atom. The van der Waals surface area contributed by atoms with Gasteiger partial charge in [0.15, 0.2) is 5.16 Å². The van der Waals surface area contributed by atoms with Crippen LogP contribution in [0.25, 0.3) is 11.0 Å². The number of nitrogens with zero attached hydrogens (tertiary/aromatic N) is 1. The van der Waals surface area contributed by atoms with Crippen LogP contribution < -0.4 is 5.32 Å². The molecule has 1 amide bonds. The summed E-state index contributed by atoms with van der Waals surface area (Å²) < 4.78 is 0. The average Bonchev–Trinajstić information content (AvgIpc) is 2.78. The SMILES string of the molecule is CC(C)[C@H](C)NC(=O)CSc1nc2ccc(Cl)cc2[nH]1. The number of nitrogens with one attached hydrogen (secondary N) is 2. The molecule has 0 unspecified atom stereocenters. The number of hydrogen-bond acceptors (Lipinski definition) is 3. The maximum atomic E-state index is 11.8. The van der Waals surface area contributed by atoms with Crippen LogP contribution in [-0.4, -0.2) is 27.7 Å². The Morgan fingerprint density at radius 1 is 1.45 bits per heavy atom. The number of benzene rings is 1. The molecule has 1 heterocycles. The molecule has 2 aromatic rings. The van der Waals surface area contributed by atoms with Gasteiger partial charge in [0.05, 0.1) is 16.8 Å². The first-order chi connectivity index (χ1) is 9.45. The molecule has 1 atom stereocenters. The molecular formula is C14H18ClN3OS. The molecule has 0 bridgehead atoms. The van der Waals surface area contributed by atoms with Crippen molar-refractivity contribution in [2.24, 2.45) is 5.92 Å². The molecule has 0 aliphatic carbocycles. The maximum Gasteiger partial charge on any atom is 0.230 e. The maximum absolute atomic E-state index is 11.8. The van der Waals surface area contributed by atoms with E-state index in [9.17, 15) is 4.79 Å². The molecular weight excluding hydrogens is 294 g/mol. The summed E-state index contributed by atoms with van der Waals surface area (Å²) in [5, 5.41) is 4.37. The Kier molecular flexibility index (Phi) is 4.94. The highest BCUT2D eigenvalue weighted by Crippen LogP contribution is 2.22. The monoisotopic (exact) mass is 311 g/mol. The number of aromatic nitrogens is 2. The molecule has 0 fully saturated rings. The zero-order chi connectivity index (χ0) is 14.7.